The van der Waals surface area contributed by atoms with Gasteiger partial charge in [0.25, 0.3) is 0 Å². The lowest BCUT2D eigenvalue weighted by Gasteiger charge is -2.20. The Kier molecular flexibility index (Phi) is 13.9. The zero-order valence-electron chi connectivity index (χ0n) is 18.2. The minimum atomic E-state index is -1.59. The third-order valence-electron chi connectivity index (χ3n) is 3.98. The molecule has 0 aromatic rings. The van der Waals surface area contributed by atoms with Crippen LogP contribution in [0.3, 0.4) is 0 Å². The summed E-state index contributed by atoms with van der Waals surface area (Å²) in [5, 5.41) is 35.1. The Bertz CT molecular complexity index is 785. The maximum Gasteiger partial charge on any atom is 0.322 e. The maximum absolute atomic E-state index is 12.2. The normalized spacial score (nSPS) is 12.9. The molecular weight excluding hydrogens is 460 g/mol. The van der Waals surface area contributed by atoms with Crippen molar-refractivity contribution < 1.29 is 44.1 Å². The number of nitrogens with two attached hydrogens (primary N) is 3. The summed E-state index contributed by atoms with van der Waals surface area (Å²) >= 11 is 0. The number of carboxylic acid groups (broad SMARTS) is 2. The van der Waals surface area contributed by atoms with Crippen molar-refractivity contribution in [1.29, 1.82) is 0 Å². The Labute approximate surface area is 193 Å². The molecule has 0 spiro atoms. The molecular formula is C17H30N8O9. The molecule has 13 N–H and O–H groups in total. The largest absolute Gasteiger partial charge is 0.481 e. The van der Waals surface area contributed by atoms with Crippen molar-refractivity contribution in [2.75, 3.05) is 26.2 Å². The van der Waals surface area contributed by atoms with E-state index in [1.807, 2.05) is 0 Å². The summed E-state index contributed by atoms with van der Waals surface area (Å²) in [5.41, 5.74) is 15.7. The Hall–Kier alpha value is -3.99. The van der Waals surface area contributed by atoms with Gasteiger partial charge in [0.2, 0.25) is 23.6 Å². The van der Waals surface area contributed by atoms with Crippen LogP contribution in [0.15, 0.2) is 4.99 Å². The molecule has 0 radical (unpaired) electrons. The summed E-state index contributed by atoms with van der Waals surface area (Å²) < 4.78 is 0. The monoisotopic (exact) mass is 490 g/mol. The molecule has 17 heteroatoms. The lowest BCUT2D eigenvalue weighted by Crippen LogP contribution is -2.55. The molecule has 0 aromatic carbocycles. The van der Waals surface area contributed by atoms with Gasteiger partial charge in [0, 0.05) is 6.54 Å². The number of nitrogens with zero attached hydrogens (tertiary/aromatic N) is 1. The number of aliphatic imine (C=N–C) groups is 1. The molecule has 0 rings (SSSR count). The van der Waals surface area contributed by atoms with Gasteiger partial charge < -0.3 is 53.8 Å². The van der Waals surface area contributed by atoms with Gasteiger partial charge >= 0.3 is 11.9 Å². The van der Waals surface area contributed by atoms with Gasteiger partial charge in [-0.2, -0.15) is 0 Å². The van der Waals surface area contributed by atoms with E-state index in [-0.39, 0.29) is 25.3 Å². The number of aliphatic hydroxyl groups excluding tert-OH is 1. The van der Waals surface area contributed by atoms with Crippen molar-refractivity contribution in [3.05, 3.63) is 0 Å². The fourth-order valence-corrected chi connectivity index (χ4v) is 2.34. The van der Waals surface area contributed by atoms with E-state index in [0.29, 0.717) is 0 Å². The second-order valence-corrected chi connectivity index (χ2v) is 6.85. The number of rotatable bonds is 16. The van der Waals surface area contributed by atoms with Crippen LogP contribution in [0.1, 0.15) is 19.3 Å². The van der Waals surface area contributed by atoms with Gasteiger partial charge in [0.15, 0.2) is 5.96 Å². The summed E-state index contributed by atoms with van der Waals surface area (Å²) in [7, 11) is 0. The average molecular weight is 490 g/mol. The Morgan fingerprint density at radius 2 is 1.41 bits per heavy atom. The highest BCUT2D eigenvalue weighted by Gasteiger charge is 2.27. The van der Waals surface area contributed by atoms with Gasteiger partial charge in [-0.15, -0.1) is 0 Å². The van der Waals surface area contributed by atoms with Crippen molar-refractivity contribution in [3.8, 4) is 0 Å². The van der Waals surface area contributed by atoms with Crippen LogP contribution in [0.2, 0.25) is 0 Å². The molecule has 192 valence electrons. The molecule has 0 aliphatic carbocycles. The van der Waals surface area contributed by atoms with Crippen LogP contribution >= 0.6 is 0 Å². The van der Waals surface area contributed by atoms with E-state index >= 15 is 0 Å². The Morgan fingerprint density at radius 1 is 0.824 bits per heavy atom. The molecule has 0 aliphatic heterocycles. The van der Waals surface area contributed by atoms with E-state index in [1.165, 1.54) is 0 Å². The average Bonchev–Trinajstić information content (AvgIpc) is 2.75. The van der Waals surface area contributed by atoms with Crippen molar-refractivity contribution in [2.24, 2.45) is 22.2 Å². The van der Waals surface area contributed by atoms with Gasteiger partial charge in [-0.05, 0) is 12.8 Å². The first-order valence-electron chi connectivity index (χ1n) is 9.87. The third kappa shape index (κ3) is 13.4. The van der Waals surface area contributed by atoms with E-state index in [9.17, 15) is 28.8 Å². The molecule has 34 heavy (non-hydrogen) atoms. The summed E-state index contributed by atoms with van der Waals surface area (Å²) in [4.78, 5) is 73.7. The number of guanidine groups is 1. The van der Waals surface area contributed by atoms with E-state index < -0.39 is 79.8 Å². The van der Waals surface area contributed by atoms with Crippen molar-refractivity contribution in [3.63, 3.8) is 0 Å². The molecule has 0 aliphatic rings. The van der Waals surface area contributed by atoms with Crippen LogP contribution in [0, 0.1) is 0 Å². The quantitative estimate of drug-likeness (QED) is 0.0549. The second kappa shape index (κ2) is 15.8. The molecule has 3 atom stereocenters. The predicted octanol–water partition coefficient (Wildman–Crippen LogP) is -5.88. The van der Waals surface area contributed by atoms with E-state index in [2.05, 4.69) is 26.3 Å². The Morgan fingerprint density at radius 3 is 1.94 bits per heavy atom. The van der Waals surface area contributed by atoms with Gasteiger partial charge in [-0.25, -0.2) is 0 Å². The number of aliphatic carboxylic acids is 2. The molecule has 0 saturated carbocycles. The molecule has 0 fully saturated rings. The number of hydrogen-bond acceptors (Lipinski definition) is 9. The SMILES string of the molecule is NC(N)=NCCC[C@H](NC(=O)CNC(=O)[C@H](CC(=O)O)NC(=O)[C@@H](N)CO)C(=O)NCC(=O)O. The number of carboxylic acids is 2. The van der Waals surface area contributed by atoms with Crippen molar-refractivity contribution >= 4 is 41.5 Å². The number of amides is 4. The number of carbonyl (C=O) groups is 6. The zero-order valence-corrected chi connectivity index (χ0v) is 18.2. The van der Waals surface area contributed by atoms with Gasteiger partial charge in [-0.3, -0.25) is 33.8 Å². The van der Waals surface area contributed by atoms with E-state index in [4.69, 9.17) is 32.5 Å². The van der Waals surface area contributed by atoms with E-state index in [1.54, 1.807) is 0 Å². The first kappa shape index (κ1) is 30.0. The number of carbonyl (C=O) groups excluding carboxylic acids is 4. The molecule has 4 amide bonds. The standard InChI is InChI=1S/C17H30N8O9/c18-8(7-26)14(32)25-10(4-12(28)29)16(34)22-5-11(27)24-9(2-1-3-21-17(19)20)15(33)23-6-13(30)31/h8-10,26H,1-7,18H2,(H,22,34)(H,23,33)(H,24,27)(H,25,32)(H,28,29)(H,30,31)(H4,19,20,21)/t8-,9-,10-/m0/s1. The lowest BCUT2D eigenvalue weighted by molar-refractivity contribution is -0.141. The van der Waals surface area contributed by atoms with Crippen LogP contribution in [0.5, 0.6) is 0 Å². The number of hydrogen-bond donors (Lipinski definition) is 10. The zero-order chi connectivity index (χ0) is 26.3. The van der Waals surface area contributed by atoms with Crippen LogP contribution in [0.25, 0.3) is 0 Å². The maximum atomic E-state index is 12.2. The van der Waals surface area contributed by atoms with Gasteiger partial charge in [0.05, 0.1) is 19.6 Å². The smallest absolute Gasteiger partial charge is 0.322 e. The highest BCUT2D eigenvalue weighted by Crippen LogP contribution is 1.99. The molecule has 0 unspecified atom stereocenters. The topological polar surface area (TPSA) is 302 Å². The molecule has 0 saturated heterocycles. The lowest BCUT2D eigenvalue weighted by atomic mass is 10.1. The minimum Gasteiger partial charge on any atom is -0.481 e. The Balaban J connectivity index is 5.03. The first-order valence-corrected chi connectivity index (χ1v) is 9.87. The molecule has 0 heterocycles. The second-order valence-electron chi connectivity index (χ2n) is 6.85. The first-order chi connectivity index (χ1) is 15.9. The summed E-state index contributed by atoms with van der Waals surface area (Å²) in [6.45, 7) is -2.01. The highest BCUT2D eigenvalue weighted by atomic mass is 16.4. The van der Waals surface area contributed by atoms with Crippen LogP contribution in [-0.2, 0) is 28.8 Å². The third-order valence-corrected chi connectivity index (χ3v) is 3.98. The van der Waals surface area contributed by atoms with E-state index in [0.717, 1.165) is 0 Å². The predicted molar refractivity (Wildman–Crippen MR) is 115 cm³/mol. The van der Waals surface area contributed by atoms with Crippen LogP contribution in [0.4, 0.5) is 0 Å². The molecule has 0 aromatic heterocycles. The molecule has 17 nitrogen and oxygen atoms in total. The number of aliphatic hydroxyl groups is 1. The number of nitrogens with one attached hydrogen (secondary N) is 4. The highest BCUT2D eigenvalue weighted by molar-refractivity contribution is 5.95. The minimum absolute atomic E-state index is 0.0265. The fraction of sp³-hybridized carbons (Fsp3) is 0.588. The fourth-order valence-electron chi connectivity index (χ4n) is 2.34. The van der Waals surface area contributed by atoms with Crippen molar-refractivity contribution in [2.45, 2.75) is 37.4 Å². The summed E-state index contributed by atoms with van der Waals surface area (Å²) in [5.74, 6) is -6.60. The molecule has 0 bridgehead atoms. The summed E-state index contributed by atoms with van der Waals surface area (Å²) in [6, 6.07) is -4.17. The summed E-state index contributed by atoms with van der Waals surface area (Å²) in [6.07, 6.45) is -0.561. The van der Waals surface area contributed by atoms with Crippen LogP contribution < -0.4 is 38.5 Å². The van der Waals surface area contributed by atoms with Crippen molar-refractivity contribution in [1.82, 2.24) is 21.3 Å². The van der Waals surface area contributed by atoms with Crippen LogP contribution in [-0.4, -0.2) is 101 Å². The van der Waals surface area contributed by atoms with Gasteiger partial charge in [0.1, 0.15) is 24.7 Å². The van der Waals surface area contributed by atoms with Gasteiger partial charge in [-0.1, -0.05) is 0 Å².